The van der Waals surface area contributed by atoms with Gasteiger partial charge >= 0.3 is 29.8 Å². The number of benzene rings is 1. The molecule has 30 heavy (non-hydrogen) atoms. The monoisotopic (exact) mass is 414 g/mol. The van der Waals surface area contributed by atoms with Crippen LogP contribution in [0.1, 0.15) is 12.5 Å². The van der Waals surface area contributed by atoms with Crippen LogP contribution in [0.25, 0.3) is 0 Å². The van der Waals surface area contributed by atoms with Crippen LogP contribution in [0.2, 0.25) is 0 Å². The van der Waals surface area contributed by atoms with Gasteiger partial charge in [-0.2, -0.15) is 0 Å². The van der Waals surface area contributed by atoms with Crippen LogP contribution in [0.3, 0.4) is 0 Å². The minimum Gasteiger partial charge on any atom is -0.427 e. The molecule has 1 fully saturated rings. The lowest BCUT2D eigenvalue weighted by molar-refractivity contribution is -0.439. The molecule has 4 rings (SSSR count). The predicted octanol–water partition coefficient (Wildman–Crippen LogP) is 0.402. The zero-order valence-corrected chi connectivity index (χ0v) is 16.0. The Bertz CT molecular complexity index is 937. The first-order chi connectivity index (χ1) is 14.3. The van der Waals surface area contributed by atoms with Crippen LogP contribution in [0.5, 0.6) is 0 Å². The van der Waals surface area contributed by atoms with E-state index in [0.29, 0.717) is 0 Å². The number of hydrogen-bond donors (Lipinski definition) is 0. The van der Waals surface area contributed by atoms with Gasteiger partial charge in [0.25, 0.3) is 5.72 Å². The Hall–Kier alpha value is -3.50. The Balaban J connectivity index is 1.84. The zero-order valence-electron chi connectivity index (χ0n) is 16.0. The molecule has 0 aliphatic carbocycles. The first kappa shape index (κ1) is 19.8. The first-order valence-electron chi connectivity index (χ1n) is 9.16. The van der Waals surface area contributed by atoms with Crippen molar-refractivity contribution in [2.75, 3.05) is 13.1 Å². The molecule has 0 N–H and O–H groups in total. The van der Waals surface area contributed by atoms with Crippen LogP contribution < -0.4 is 0 Å². The number of fused-ring (bicyclic) bond motifs is 2. The van der Waals surface area contributed by atoms with Crippen molar-refractivity contribution in [2.45, 2.75) is 25.1 Å². The molecule has 10 heteroatoms. The number of nitrogens with zero attached hydrogens (tertiary/aromatic N) is 2. The average molecular weight is 414 g/mol. The minimum absolute atomic E-state index is 0.0838. The Kier molecular flexibility index (Phi) is 4.88. The molecule has 0 radical (unpaired) electrons. The molecule has 1 spiro atoms. The van der Waals surface area contributed by atoms with Crippen LogP contribution in [0.4, 0.5) is 0 Å². The van der Waals surface area contributed by atoms with E-state index in [2.05, 4.69) is 0 Å². The fourth-order valence-corrected chi connectivity index (χ4v) is 3.58. The molecule has 0 aromatic heterocycles. The second-order valence-electron chi connectivity index (χ2n) is 6.91. The van der Waals surface area contributed by atoms with E-state index in [1.165, 1.54) is 6.92 Å². The topological polar surface area (TPSA) is 112 Å². The van der Waals surface area contributed by atoms with Gasteiger partial charge in [0.1, 0.15) is 0 Å². The molecular weight excluding hydrogens is 396 g/mol. The summed E-state index contributed by atoms with van der Waals surface area (Å²) in [6, 6.07) is 9.18. The molecule has 1 unspecified atom stereocenters. The molecular formula is C20H18N2O8. The SMILES string of the molecule is CC12OC(=O)/C=C\C(=O)ON1CCN(Cc1ccccc1)C21OC(=O)C=CC(=O)O1. The molecule has 1 aromatic carbocycles. The lowest BCUT2D eigenvalue weighted by Crippen LogP contribution is -2.78. The van der Waals surface area contributed by atoms with Crippen molar-refractivity contribution in [3.8, 4) is 0 Å². The van der Waals surface area contributed by atoms with E-state index < -0.39 is 35.5 Å². The zero-order chi connectivity index (χ0) is 21.4. The van der Waals surface area contributed by atoms with E-state index in [1.807, 2.05) is 30.3 Å². The number of esters is 3. The van der Waals surface area contributed by atoms with E-state index >= 15 is 0 Å². The van der Waals surface area contributed by atoms with Gasteiger partial charge in [-0.15, -0.1) is 0 Å². The third-order valence-electron chi connectivity index (χ3n) is 4.96. The summed E-state index contributed by atoms with van der Waals surface area (Å²) in [4.78, 5) is 55.9. The second kappa shape index (κ2) is 7.39. The Morgan fingerprint density at radius 3 is 2.00 bits per heavy atom. The fourth-order valence-electron chi connectivity index (χ4n) is 3.58. The molecule has 1 atom stereocenters. The maximum atomic E-state index is 12.4. The maximum absolute atomic E-state index is 12.4. The molecule has 156 valence electrons. The standard InChI is InChI=1S/C20H18N2O8/c1-19-20(28-16(24)7-8-17(25)29-20)21(13-14-5-3-2-4-6-14)11-12-22(19)30-18(26)10-9-15(23)27-19/h2-10H,11-13H2,1H3/b10-9-. The highest BCUT2D eigenvalue weighted by molar-refractivity contribution is 5.94. The van der Waals surface area contributed by atoms with Crippen LogP contribution in [-0.4, -0.2) is 58.6 Å². The van der Waals surface area contributed by atoms with Crippen LogP contribution in [0, 0.1) is 0 Å². The van der Waals surface area contributed by atoms with Crippen LogP contribution >= 0.6 is 0 Å². The number of ether oxygens (including phenoxy) is 3. The summed E-state index contributed by atoms with van der Waals surface area (Å²) >= 11 is 0. The van der Waals surface area contributed by atoms with Crippen LogP contribution in [0.15, 0.2) is 54.6 Å². The Morgan fingerprint density at radius 1 is 0.800 bits per heavy atom. The Labute approximate surface area is 171 Å². The van der Waals surface area contributed by atoms with Crippen molar-refractivity contribution >= 4 is 23.9 Å². The van der Waals surface area contributed by atoms with E-state index in [4.69, 9.17) is 19.0 Å². The summed E-state index contributed by atoms with van der Waals surface area (Å²) in [5, 5.41) is 1.05. The molecule has 3 heterocycles. The number of hydroxylamine groups is 2. The number of hydrogen-bond acceptors (Lipinski definition) is 10. The van der Waals surface area contributed by atoms with Gasteiger partial charge in [-0.25, -0.2) is 24.1 Å². The predicted molar refractivity (Wildman–Crippen MR) is 97.3 cm³/mol. The minimum atomic E-state index is -2.22. The molecule has 1 saturated heterocycles. The van der Waals surface area contributed by atoms with E-state index in [1.54, 1.807) is 4.90 Å². The number of rotatable bonds is 2. The molecule has 3 aliphatic heterocycles. The summed E-state index contributed by atoms with van der Waals surface area (Å²) in [6.07, 6.45) is 3.62. The number of carbonyl (C=O) groups excluding carboxylic acids is 4. The third kappa shape index (κ3) is 3.36. The quantitative estimate of drug-likeness (QED) is 0.631. The fraction of sp³-hybridized carbons (Fsp3) is 0.300. The lowest BCUT2D eigenvalue weighted by Gasteiger charge is -2.55. The largest absolute Gasteiger partial charge is 0.427 e. The number of carbonyl (C=O) groups is 4. The second-order valence-corrected chi connectivity index (χ2v) is 6.91. The maximum Gasteiger partial charge on any atom is 0.380 e. The van der Waals surface area contributed by atoms with Gasteiger partial charge in [0.15, 0.2) is 0 Å². The van der Waals surface area contributed by atoms with Crippen LogP contribution in [-0.2, 0) is 44.8 Å². The summed E-state index contributed by atoms with van der Waals surface area (Å²) in [5.74, 6) is -5.72. The van der Waals surface area contributed by atoms with Crippen molar-refractivity contribution in [1.29, 1.82) is 0 Å². The van der Waals surface area contributed by atoms with Gasteiger partial charge in [0.2, 0.25) is 0 Å². The van der Waals surface area contributed by atoms with Crippen molar-refractivity contribution in [1.82, 2.24) is 9.96 Å². The normalized spacial score (nSPS) is 27.6. The summed E-state index contributed by atoms with van der Waals surface area (Å²) < 4.78 is 16.7. The number of piperazine rings is 1. The van der Waals surface area contributed by atoms with Crippen molar-refractivity contribution in [3.05, 3.63) is 60.2 Å². The molecule has 0 saturated carbocycles. The molecule has 0 amide bonds. The highest BCUT2D eigenvalue weighted by Gasteiger charge is 2.69. The van der Waals surface area contributed by atoms with E-state index in [0.717, 1.165) is 34.9 Å². The average Bonchev–Trinajstić information content (AvgIpc) is 2.86. The third-order valence-corrected chi connectivity index (χ3v) is 4.96. The van der Waals surface area contributed by atoms with E-state index in [9.17, 15) is 19.2 Å². The smallest absolute Gasteiger partial charge is 0.380 e. The van der Waals surface area contributed by atoms with Crippen molar-refractivity contribution in [3.63, 3.8) is 0 Å². The highest BCUT2D eigenvalue weighted by atomic mass is 16.8. The lowest BCUT2D eigenvalue weighted by atomic mass is 10.0. The van der Waals surface area contributed by atoms with Gasteiger partial charge in [0, 0.05) is 44.3 Å². The van der Waals surface area contributed by atoms with E-state index in [-0.39, 0.29) is 19.6 Å². The van der Waals surface area contributed by atoms with Gasteiger partial charge in [0.05, 0.1) is 6.54 Å². The highest BCUT2D eigenvalue weighted by Crippen LogP contribution is 2.43. The van der Waals surface area contributed by atoms with Crippen molar-refractivity contribution < 1.29 is 38.2 Å². The first-order valence-corrected chi connectivity index (χ1v) is 9.16. The van der Waals surface area contributed by atoms with Gasteiger partial charge in [-0.3, -0.25) is 0 Å². The van der Waals surface area contributed by atoms with Gasteiger partial charge in [-0.1, -0.05) is 35.4 Å². The molecule has 10 nitrogen and oxygen atoms in total. The molecule has 3 aliphatic rings. The summed E-state index contributed by atoms with van der Waals surface area (Å²) in [7, 11) is 0. The Morgan fingerprint density at radius 2 is 1.37 bits per heavy atom. The summed E-state index contributed by atoms with van der Waals surface area (Å²) in [5.41, 5.74) is -1.17. The van der Waals surface area contributed by atoms with Gasteiger partial charge in [-0.05, 0) is 5.56 Å². The summed E-state index contributed by atoms with van der Waals surface area (Å²) in [6.45, 7) is 1.77. The van der Waals surface area contributed by atoms with Crippen molar-refractivity contribution in [2.24, 2.45) is 0 Å². The molecule has 0 bridgehead atoms. The molecule has 1 aromatic rings. The van der Waals surface area contributed by atoms with Gasteiger partial charge < -0.3 is 19.0 Å².